The molecule has 1 fully saturated rings. The molecule has 1 aliphatic carbocycles. The topological polar surface area (TPSA) is 17.1 Å². The van der Waals surface area contributed by atoms with Gasteiger partial charge in [-0.15, -0.1) is 0 Å². The maximum absolute atomic E-state index is 11.6. The van der Waals surface area contributed by atoms with E-state index < -0.39 is 0 Å². The van der Waals surface area contributed by atoms with Crippen LogP contribution in [0, 0.1) is 5.41 Å². The third-order valence-electron chi connectivity index (χ3n) is 5.49. The molecule has 0 amide bonds. The normalized spacial score (nSPS) is 22.2. The van der Waals surface area contributed by atoms with Crippen molar-refractivity contribution in [3.8, 4) is 0 Å². The van der Waals surface area contributed by atoms with Gasteiger partial charge in [0.05, 0.1) is 0 Å². The van der Waals surface area contributed by atoms with Crippen LogP contribution < -0.4 is 0 Å². The minimum absolute atomic E-state index is 0.341. The van der Waals surface area contributed by atoms with Gasteiger partial charge in [0.2, 0.25) is 0 Å². The Kier molecular flexibility index (Phi) is 10.9. The predicted octanol–water partition coefficient (Wildman–Crippen LogP) is 7.23. The molecule has 0 aromatic heterocycles. The van der Waals surface area contributed by atoms with Crippen molar-refractivity contribution in [1.82, 2.24) is 0 Å². The lowest BCUT2D eigenvalue weighted by atomic mass is 9.72. The summed E-state index contributed by atoms with van der Waals surface area (Å²) in [6, 6.07) is 0. The van der Waals surface area contributed by atoms with E-state index in [0.29, 0.717) is 11.2 Å². The van der Waals surface area contributed by atoms with Gasteiger partial charge in [0.15, 0.2) is 0 Å². The number of hydrogen-bond acceptors (Lipinski definition) is 1. The summed E-state index contributed by atoms with van der Waals surface area (Å²) in [7, 11) is 0. The Morgan fingerprint density at radius 1 is 0.818 bits per heavy atom. The van der Waals surface area contributed by atoms with E-state index in [9.17, 15) is 4.79 Å². The van der Waals surface area contributed by atoms with Gasteiger partial charge in [0.25, 0.3) is 0 Å². The zero-order chi connectivity index (χ0) is 16.1. The Hall–Kier alpha value is -0.330. The van der Waals surface area contributed by atoms with Crippen LogP contribution in [0.1, 0.15) is 123 Å². The van der Waals surface area contributed by atoms with Crippen molar-refractivity contribution in [1.29, 1.82) is 0 Å². The lowest BCUT2D eigenvalue weighted by Gasteiger charge is -2.32. The second-order valence-electron chi connectivity index (χ2n) is 8.02. The molecule has 22 heavy (non-hydrogen) atoms. The molecule has 0 unspecified atom stereocenters. The Balaban J connectivity index is 1.84. The quantitative estimate of drug-likeness (QED) is 0.328. The molecule has 0 saturated heterocycles. The number of rotatable bonds is 13. The van der Waals surface area contributed by atoms with Crippen LogP contribution in [0.3, 0.4) is 0 Å². The zero-order valence-electron chi connectivity index (χ0n) is 15.4. The standard InChI is InChI=1S/C21H40O/c1-3-4-5-6-7-8-9-10-11-12-13-14-17-21(2)18-15-16-20(22)19-21/h3-19H2,1-2H3/t21-/m1/s1. The van der Waals surface area contributed by atoms with Crippen molar-refractivity contribution in [3.05, 3.63) is 0 Å². The molecule has 1 heteroatoms. The molecule has 1 nitrogen and oxygen atoms in total. The number of ketones is 1. The molecule has 0 aromatic rings. The highest BCUT2D eigenvalue weighted by atomic mass is 16.1. The maximum atomic E-state index is 11.6. The average Bonchev–Trinajstić information content (AvgIpc) is 2.48. The minimum atomic E-state index is 0.341. The van der Waals surface area contributed by atoms with E-state index in [-0.39, 0.29) is 0 Å². The molecule has 1 rings (SSSR count). The summed E-state index contributed by atoms with van der Waals surface area (Å²) in [6.07, 6.45) is 22.4. The molecule has 0 aliphatic heterocycles. The van der Waals surface area contributed by atoms with Gasteiger partial charge in [0.1, 0.15) is 5.78 Å². The summed E-state index contributed by atoms with van der Waals surface area (Å²) in [6.45, 7) is 4.62. The number of hydrogen-bond donors (Lipinski definition) is 0. The van der Waals surface area contributed by atoms with Crippen molar-refractivity contribution in [2.24, 2.45) is 5.41 Å². The highest BCUT2D eigenvalue weighted by Crippen LogP contribution is 2.38. The van der Waals surface area contributed by atoms with Crippen molar-refractivity contribution in [2.75, 3.05) is 0 Å². The molecule has 1 atom stereocenters. The van der Waals surface area contributed by atoms with Crippen molar-refractivity contribution < 1.29 is 4.79 Å². The second-order valence-corrected chi connectivity index (χ2v) is 8.02. The van der Waals surface area contributed by atoms with Gasteiger partial charge in [-0.25, -0.2) is 0 Å². The van der Waals surface area contributed by atoms with Gasteiger partial charge in [-0.1, -0.05) is 90.9 Å². The maximum Gasteiger partial charge on any atom is 0.133 e. The molecule has 0 radical (unpaired) electrons. The molecule has 0 aromatic carbocycles. The Labute approximate surface area is 139 Å². The SMILES string of the molecule is CCCCCCCCCCCCCC[C@]1(C)CCCC(=O)C1. The van der Waals surface area contributed by atoms with E-state index in [4.69, 9.17) is 0 Å². The van der Waals surface area contributed by atoms with Crippen LogP contribution in [0.25, 0.3) is 0 Å². The number of carbonyl (C=O) groups excluding carboxylic acids is 1. The van der Waals surface area contributed by atoms with Gasteiger partial charge < -0.3 is 0 Å². The van der Waals surface area contributed by atoms with Crippen molar-refractivity contribution in [3.63, 3.8) is 0 Å². The molecule has 0 bridgehead atoms. The van der Waals surface area contributed by atoms with E-state index in [1.807, 2.05) is 0 Å². The molecule has 0 heterocycles. The smallest absolute Gasteiger partial charge is 0.133 e. The highest BCUT2D eigenvalue weighted by Gasteiger charge is 2.30. The third-order valence-corrected chi connectivity index (χ3v) is 5.49. The highest BCUT2D eigenvalue weighted by molar-refractivity contribution is 5.79. The first-order valence-electron chi connectivity index (χ1n) is 10.2. The molecular formula is C21H40O. The fourth-order valence-electron chi connectivity index (χ4n) is 3.97. The van der Waals surface area contributed by atoms with E-state index in [2.05, 4.69) is 13.8 Å². The molecule has 1 saturated carbocycles. The second kappa shape index (κ2) is 12.1. The first kappa shape index (κ1) is 19.7. The largest absolute Gasteiger partial charge is 0.300 e. The number of unbranched alkanes of at least 4 members (excludes halogenated alkanes) is 11. The van der Waals surface area contributed by atoms with Crippen LogP contribution in [0.4, 0.5) is 0 Å². The van der Waals surface area contributed by atoms with Crippen LogP contribution in [-0.2, 0) is 4.79 Å². The first-order chi connectivity index (χ1) is 10.7. The summed E-state index contributed by atoms with van der Waals surface area (Å²) in [5.74, 6) is 0.507. The number of carbonyl (C=O) groups is 1. The lowest BCUT2D eigenvalue weighted by Crippen LogP contribution is -2.25. The van der Waals surface area contributed by atoms with Gasteiger partial charge in [-0.05, 0) is 24.7 Å². The third kappa shape index (κ3) is 9.64. The molecule has 0 spiro atoms. The number of Topliss-reactive ketones (excluding diaryl/α,β-unsaturated/α-hetero) is 1. The summed E-state index contributed by atoms with van der Waals surface area (Å²) in [4.78, 5) is 11.6. The molecule has 1 aliphatic rings. The van der Waals surface area contributed by atoms with E-state index in [1.165, 1.54) is 89.9 Å². The van der Waals surface area contributed by atoms with Gasteiger partial charge in [-0.3, -0.25) is 4.79 Å². The summed E-state index contributed by atoms with van der Waals surface area (Å²) in [5, 5.41) is 0. The Morgan fingerprint density at radius 3 is 1.82 bits per heavy atom. The van der Waals surface area contributed by atoms with Gasteiger partial charge in [0, 0.05) is 12.8 Å². The summed E-state index contributed by atoms with van der Waals surface area (Å²) in [5.41, 5.74) is 0.341. The van der Waals surface area contributed by atoms with E-state index >= 15 is 0 Å². The predicted molar refractivity (Wildman–Crippen MR) is 97.3 cm³/mol. The Morgan fingerprint density at radius 2 is 1.32 bits per heavy atom. The Bertz CT molecular complexity index is 284. The van der Waals surface area contributed by atoms with Gasteiger partial charge >= 0.3 is 0 Å². The molecule has 130 valence electrons. The van der Waals surface area contributed by atoms with Crippen LogP contribution in [-0.4, -0.2) is 5.78 Å². The summed E-state index contributed by atoms with van der Waals surface area (Å²) >= 11 is 0. The van der Waals surface area contributed by atoms with E-state index in [1.54, 1.807) is 0 Å². The lowest BCUT2D eigenvalue weighted by molar-refractivity contribution is -0.123. The minimum Gasteiger partial charge on any atom is -0.300 e. The van der Waals surface area contributed by atoms with Gasteiger partial charge in [-0.2, -0.15) is 0 Å². The van der Waals surface area contributed by atoms with Crippen LogP contribution in [0.2, 0.25) is 0 Å². The molecular weight excluding hydrogens is 268 g/mol. The van der Waals surface area contributed by atoms with E-state index in [0.717, 1.165) is 19.3 Å². The van der Waals surface area contributed by atoms with Crippen molar-refractivity contribution in [2.45, 2.75) is 123 Å². The zero-order valence-corrected chi connectivity index (χ0v) is 15.4. The fraction of sp³-hybridized carbons (Fsp3) is 0.952. The van der Waals surface area contributed by atoms with Crippen LogP contribution in [0.5, 0.6) is 0 Å². The fourth-order valence-corrected chi connectivity index (χ4v) is 3.97. The van der Waals surface area contributed by atoms with Crippen molar-refractivity contribution >= 4 is 5.78 Å². The first-order valence-corrected chi connectivity index (χ1v) is 10.2. The average molecular weight is 309 g/mol. The van der Waals surface area contributed by atoms with Crippen LogP contribution in [0.15, 0.2) is 0 Å². The monoisotopic (exact) mass is 308 g/mol. The van der Waals surface area contributed by atoms with Crippen LogP contribution >= 0.6 is 0 Å². The molecule has 0 N–H and O–H groups in total. The summed E-state index contributed by atoms with van der Waals surface area (Å²) < 4.78 is 0.